The molecule has 0 unspecified atom stereocenters. The van der Waals surface area contributed by atoms with Crippen LogP contribution in [0.4, 0.5) is 4.39 Å². The minimum absolute atomic E-state index is 0.125. The Bertz CT molecular complexity index is 954. The molecule has 3 rings (SSSR count). The summed E-state index contributed by atoms with van der Waals surface area (Å²) in [6.45, 7) is 0. The molecular weight excluding hydrogens is 389 g/mol. The van der Waals surface area contributed by atoms with E-state index in [0.717, 1.165) is 6.26 Å². The van der Waals surface area contributed by atoms with Gasteiger partial charge < -0.3 is 4.42 Å². The molecule has 118 valence electrons. The van der Waals surface area contributed by atoms with Gasteiger partial charge in [0.15, 0.2) is 19.5 Å². The molecule has 1 aromatic carbocycles. The first-order valence-electron chi connectivity index (χ1n) is 6.31. The SMILES string of the molecule is CS(=O)(=O)c1ccc(-c2nc(-c3ccc(F)cc3)oc2Br)nn1. The molecule has 3 aromatic rings. The van der Waals surface area contributed by atoms with Crippen molar-refractivity contribution in [1.29, 1.82) is 0 Å². The van der Waals surface area contributed by atoms with Crippen LogP contribution in [0.1, 0.15) is 0 Å². The molecular formula is C14H9BrFN3O3S. The van der Waals surface area contributed by atoms with E-state index in [1.54, 1.807) is 0 Å². The number of sulfone groups is 1. The van der Waals surface area contributed by atoms with Gasteiger partial charge in [-0.05, 0) is 52.3 Å². The first-order valence-corrected chi connectivity index (χ1v) is 8.99. The molecule has 0 aliphatic carbocycles. The molecule has 9 heteroatoms. The Hall–Kier alpha value is -2.13. The Morgan fingerprint density at radius 2 is 1.78 bits per heavy atom. The molecule has 2 aromatic heterocycles. The summed E-state index contributed by atoms with van der Waals surface area (Å²) in [5, 5.41) is 7.40. The van der Waals surface area contributed by atoms with Crippen molar-refractivity contribution in [3.63, 3.8) is 0 Å². The van der Waals surface area contributed by atoms with Crippen molar-refractivity contribution in [2.24, 2.45) is 0 Å². The molecule has 6 nitrogen and oxygen atoms in total. The largest absolute Gasteiger partial charge is 0.429 e. The van der Waals surface area contributed by atoms with E-state index in [1.165, 1.54) is 36.4 Å². The van der Waals surface area contributed by atoms with E-state index in [4.69, 9.17) is 4.42 Å². The second-order valence-electron chi connectivity index (χ2n) is 4.68. The first-order chi connectivity index (χ1) is 10.8. The van der Waals surface area contributed by atoms with Crippen molar-refractivity contribution in [2.75, 3.05) is 6.26 Å². The Balaban J connectivity index is 1.99. The van der Waals surface area contributed by atoms with Crippen LogP contribution in [0.3, 0.4) is 0 Å². The number of rotatable bonds is 3. The molecule has 0 atom stereocenters. The standard InChI is InChI=1S/C14H9BrFN3O3S/c1-23(20,21)11-7-6-10(18-19-11)12-13(15)22-14(17-12)8-2-4-9(16)5-3-8/h2-7H,1H3. The fourth-order valence-corrected chi connectivity index (χ4v) is 2.77. The predicted molar refractivity (Wildman–Crippen MR) is 83.7 cm³/mol. The van der Waals surface area contributed by atoms with Gasteiger partial charge in [-0.15, -0.1) is 10.2 Å². The Morgan fingerprint density at radius 1 is 1.09 bits per heavy atom. The predicted octanol–water partition coefficient (Wildman–Crippen LogP) is 3.10. The van der Waals surface area contributed by atoms with Crippen LogP contribution in [0.25, 0.3) is 22.8 Å². The lowest BCUT2D eigenvalue weighted by molar-refractivity contribution is 0.549. The van der Waals surface area contributed by atoms with Crippen LogP contribution in [0.5, 0.6) is 0 Å². The quantitative estimate of drug-likeness (QED) is 0.674. The van der Waals surface area contributed by atoms with Crippen molar-refractivity contribution in [2.45, 2.75) is 5.03 Å². The van der Waals surface area contributed by atoms with E-state index < -0.39 is 9.84 Å². The number of hydrogen-bond acceptors (Lipinski definition) is 6. The molecule has 0 spiro atoms. The highest BCUT2D eigenvalue weighted by molar-refractivity contribution is 9.10. The number of benzene rings is 1. The monoisotopic (exact) mass is 397 g/mol. The maximum atomic E-state index is 13.0. The summed E-state index contributed by atoms with van der Waals surface area (Å²) in [7, 11) is -3.42. The van der Waals surface area contributed by atoms with E-state index >= 15 is 0 Å². The first kappa shape index (κ1) is 15.8. The van der Waals surface area contributed by atoms with Crippen molar-refractivity contribution in [3.8, 4) is 22.8 Å². The third-order valence-electron chi connectivity index (χ3n) is 2.94. The number of oxazole rings is 1. The molecule has 0 aliphatic heterocycles. The summed E-state index contributed by atoms with van der Waals surface area (Å²) < 4.78 is 41.5. The average Bonchev–Trinajstić information content (AvgIpc) is 2.89. The zero-order chi connectivity index (χ0) is 16.6. The van der Waals surface area contributed by atoms with E-state index in [2.05, 4.69) is 31.1 Å². The van der Waals surface area contributed by atoms with Gasteiger partial charge in [0.05, 0.1) is 0 Å². The Labute approximate surface area is 139 Å². The van der Waals surface area contributed by atoms with E-state index in [1.807, 2.05) is 0 Å². The topological polar surface area (TPSA) is 86.0 Å². The normalized spacial score (nSPS) is 11.6. The second kappa shape index (κ2) is 5.82. The average molecular weight is 398 g/mol. The minimum Gasteiger partial charge on any atom is -0.429 e. The molecule has 0 fully saturated rings. The number of nitrogens with zero attached hydrogens (tertiary/aromatic N) is 3. The van der Waals surface area contributed by atoms with E-state index in [9.17, 15) is 12.8 Å². The summed E-state index contributed by atoms with van der Waals surface area (Å²) in [6.07, 6.45) is 1.05. The maximum absolute atomic E-state index is 13.0. The lowest BCUT2D eigenvalue weighted by atomic mass is 10.2. The summed E-state index contributed by atoms with van der Waals surface area (Å²) in [6, 6.07) is 8.50. The van der Waals surface area contributed by atoms with E-state index in [-0.39, 0.29) is 16.7 Å². The van der Waals surface area contributed by atoms with Crippen molar-refractivity contribution in [1.82, 2.24) is 15.2 Å². The molecule has 0 saturated heterocycles. The molecule has 0 N–H and O–H groups in total. The number of aromatic nitrogens is 3. The van der Waals surface area contributed by atoms with Gasteiger partial charge in [0, 0.05) is 11.8 Å². The second-order valence-corrected chi connectivity index (χ2v) is 7.36. The van der Waals surface area contributed by atoms with Crippen LogP contribution < -0.4 is 0 Å². The molecule has 2 heterocycles. The highest BCUT2D eigenvalue weighted by Gasteiger charge is 2.17. The summed E-state index contributed by atoms with van der Waals surface area (Å²) in [4.78, 5) is 4.28. The lowest BCUT2D eigenvalue weighted by Crippen LogP contribution is -2.02. The van der Waals surface area contributed by atoms with Crippen molar-refractivity contribution in [3.05, 3.63) is 46.9 Å². The van der Waals surface area contributed by atoms with E-state index in [0.29, 0.717) is 21.6 Å². The molecule has 0 aliphatic rings. The van der Waals surface area contributed by atoms with Crippen molar-refractivity contribution < 1.29 is 17.2 Å². The zero-order valence-corrected chi connectivity index (χ0v) is 14.1. The zero-order valence-electron chi connectivity index (χ0n) is 11.7. The fraction of sp³-hybridized carbons (Fsp3) is 0.0714. The van der Waals surface area contributed by atoms with Gasteiger partial charge in [0.1, 0.15) is 17.2 Å². The minimum atomic E-state index is -3.42. The van der Waals surface area contributed by atoms with Gasteiger partial charge in [0.25, 0.3) is 0 Å². The van der Waals surface area contributed by atoms with Crippen LogP contribution in [-0.4, -0.2) is 29.9 Å². The number of halogens is 2. The van der Waals surface area contributed by atoms with Gasteiger partial charge in [-0.1, -0.05) is 0 Å². The third kappa shape index (κ3) is 3.30. The summed E-state index contributed by atoms with van der Waals surface area (Å²) in [5.41, 5.74) is 1.32. The van der Waals surface area contributed by atoms with Crippen LogP contribution in [0.2, 0.25) is 0 Å². The molecule has 0 amide bonds. The highest BCUT2D eigenvalue weighted by Crippen LogP contribution is 2.31. The van der Waals surface area contributed by atoms with Gasteiger partial charge in [0.2, 0.25) is 5.89 Å². The molecule has 0 bridgehead atoms. The van der Waals surface area contributed by atoms with Crippen LogP contribution in [0, 0.1) is 5.82 Å². The molecule has 0 radical (unpaired) electrons. The Kier molecular flexibility index (Phi) is 3.99. The highest BCUT2D eigenvalue weighted by atomic mass is 79.9. The number of hydrogen-bond donors (Lipinski definition) is 0. The van der Waals surface area contributed by atoms with Crippen LogP contribution in [-0.2, 0) is 9.84 Å². The maximum Gasteiger partial charge on any atom is 0.228 e. The van der Waals surface area contributed by atoms with Gasteiger partial charge in [-0.25, -0.2) is 17.8 Å². The van der Waals surface area contributed by atoms with Crippen LogP contribution in [0.15, 0.2) is 50.5 Å². The summed E-state index contributed by atoms with van der Waals surface area (Å²) >= 11 is 3.23. The smallest absolute Gasteiger partial charge is 0.228 e. The fourth-order valence-electron chi connectivity index (χ4n) is 1.82. The third-order valence-corrected chi connectivity index (χ3v) is 4.45. The molecule has 0 saturated carbocycles. The van der Waals surface area contributed by atoms with Crippen LogP contribution >= 0.6 is 15.9 Å². The van der Waals surface area contributed by atoms with Gasteiger partial charge >= 0.3 is 0 Å². The van der Waals surface area contributed by atoms with Gasteiger partial charge in [-0.2, -0.15) is 0 Å². The van der Waals surface area contributed by atoms with Gasteiger partial charge in [-0.3, -0.25) is 0 Å². The summed E-state index contributed by atoms with van der Waals surface area (Å²) in [5.74, 6) is -0.0808. The Morgan fingerprint density at radius 3 is 2.35 bits per heavy atom. The lowest BCUT2D eigenvalue weighted by Gasteiger charge is -1.97. The molecule has 23 heavy (non-hydrogen) atoms. The van der Waals surface area contributed by atoms with Crippen molar-refractivity contribution >= 4 is 25.8 Å².